The molecule has 0 aliphatic rings. The molecule has 0 fully saturated rings. The molecule has 2 aromatic heterocycles. The molecule has 0 bridgehead atoms. The molecule has 0 amide bonds. The van der Waals surface area contributed by atoms with Gasteiger partial charge in [0.15, 0.2) is 5.16 Å². The van der Waals surface area contributed by atoms with Crippen LogP contribution in [0.5, 0.6) is 0 Å². The van der Waals surface area contributed by atoms with E-state index >= 15 is 0 Å². The molecule has 7 heteroatoms. The second-order valence-electron chi connectivity index (χ2n) is 4.81. The molecular weight excluding hydrogens is 276 g/mol. The number of furan rings is 1. The Morgan fingerprint density at radius 2 is 2.30 bits per heavy atom. The average Bonchev–Trinajstić information content (AvgIpc) is 2.95. The van der Waals surface area contributed by atoms with E-state index in [9.17, 15) is 4.79 Å². The molecule has 110 valence electrons. The summed E-state index contributed by atoms with van der Waals surface area (Å²) in [6, 6.07) is 3.72. The molecule has 2 atom stereocenters. The zero-order valence-corrected chi connectivity index (χ0v) is 12.7. The highest BCUT2D eigenvalue weighted by molar-refractivity contribution is 7.99. The zero-order chi connectivity index (χ0) is 14.7. The number of nitrogens with two attached hydrogens (primary N) is 1. The summed E-state index contributed by atoms with van der Waals surface area (Å²) in [5, 5.41) is 7.14. The van der Waals surface area contributed by atoms with E-state index in [0.717, 1.165) is 17.9 Å². The highest BCUT2D eigenvalue weighted by Crippen LogP contribution is 2.36. The number of aromatic amines is 1. The fraction of sp³-hybridized carbons (Fsp3) is 0.538. The maximum atomic E-state index is 11.7. The Morgan fingerprint density at radius 3 is 2.85 bits per heavy atom. The maximum Gasteiger partial charge on any atom is 0.343 e. The van der Waals surface area contributed by atoms with Crippen molar-refractivity contribution in [3.05, 3.63) is 34.1 Å². The quantitative estimate of drug-likeness (QED) is 0.796. The Balaban J connectivity index is 2.27. The number of hydrogen-bond donors (Lipinski definition) is 2. The van der Waals surface area contributed by atoms with Gasteiger partial charge >= 0.3 is 5.69 Å². The van der Waals surface area contributed by atoms with Crippen LogP contribution in [-0.2, 0) is 6.54 Å². The number of H-pyrrole nitrogens is 1. The van der Waals surface area contributed by atoms with Crippen LogP contribution in [0.1, 0.15) is 37.0 Å². The average molecular weight is 296 g/mol. The lowest BCUT2D eigenvalue weighted by molar-refractivity contribution is 0.464. The summed E-state index contributed by atoms with van der Waals surface area (Å²) in [7, 11) is 0. The highest BCUT2D eigenvalue weighted by Gasteiger charge is 2.24. The van der Waals surface area contributed by atoms with E-state index in [1.54, 1.807) is 4.57 Å². The summed E-state index contributed by atoms with van der Waals surface area (Å²) >= 11 is 1.45. The first-order chi connectivity index (χ1) is 9.52. The molecule has 0 aliphatic carbocycles. The molecule has 6 nitrogen and oxygen atoms in total. The molecule has 2 aromatic rings. The smallest absolute Gasteiger partial charge is 0.343 e. The van der Waals surface area contributed by atoms with Crippen LogP contribution in [0.25, 0.3) is 0 Å². The van der Waals surface area contributed by atoms with Crippen molar-refractivity contribution in [3.8, 4) is 0 Å². The van der Waals surface area contributed by atoms with E-state index in [4.69, 9.17) is 10.2 Å². The SMILES string of the molecule is CCCn1c(SC(c2ccc(C)o2)C(C)N)n[nH]c1=O. The summed E-state index contributed by atoms with van der Waals surface area (Å²) in [6.45, 7) is 6.48. The third-order valence-electron chi connectivity index (χ3n) is 2.92. The summed E-state index contributed by atoms with van der Waals surface area (Å²) in [5.41, 5.74) is 5.86. The van der Waals surface area contributed by atoms with Crippen LogP contribution in [0.2, 0.25) is 0 Å². The Morgan fingerprint density at radius 1 is 1.55 bits per heavy atom. The van der Waals surface area contributed by atoms with Gasteiger partial charge in [-0.25, -0.2) is 9.89 Å². The normalized spacial score (nSPS) is 14.4. The van der Waals surface area contributed by atoms with Gasteiger partial charge in [0, 0.05) is 12.6 Å². The van der Waals surface area contributed by atoms with Crippen molar-refractivity contribution in [2.75, 3.05) is 0 Å². The molecule has 3 N–H and O–H groups in total. The predicted molar refractivity (Wildman–Crippen MR) is 78.8 cm³/mol. The topological polar surface area (TPSA) is 89.8 Å². The summed E-state index contributed by atoms with van der Waals surface area (Å²) in [5.74, 6) is 1.65. The van der Waals surface area contributed by atoms with Crippen LogP contribution in [0.3, 0.4) is 0 Å². The van der Waals surface area contributed by atoms with Gasteiger partial charge in [0.05, 0.1) is 5.25 Å². The van der Waals surface area contributed by atoms with Crippen molar-refractivity contribution in [1.82, 2.24) is 14.8 Å². The lowest BCUT2D eigenvalue weighted by atomic mass is 10.2. The number of aromatic nitrogens is 3. The predicted octanol–water partition coefficient (Wildman–Crippen LogP) is 2.06. The van der Waals surface area contributed by atoms with Gasteiger partial charge in [-0.2, -0.15) is 0 Å². The Bertz CT molecular complexity index is 614. The van der Waals surface area contributed by atoms with Gasteiger partial charge in [-0.1, -0.05) is 18.7 Å². The van der Waals surface area contributed by atoms with Gasteiger partial charge in [-0.15, -0.1) is 5.10 Å². The van der Waals surface area contributed by atoms with Crippen molar-refractivity contribution in [2.24, 2.45) is 5.73 Å². The van der Waals surface area contributed by atoms with E-state index in [1.165, 1.54) is 11.8 Å². The Hall–Kier alpha value is -1.47. The van der Waals surface area contributed by atoms with Gasteiger partial charge in [-0.3, -0.25) is 4.57 Å². The minimum absolute atomic E-state index is 0.0745. The first kappa shape index (κ1) is 14.9. The largest absolute Gasteiger partial charge is 0.465 e. The first-order valence-corrected chi connectivity index (χ1v) is 7.54. The van der Waals surface area contributed by atoms with Crippen molar-refractivity contribution in [1.29, 1.82) is 0 Å². The fourth-order valence-corrected chi connectivity index (χ4v) is 3.04. The third-order valence-corrected chi connectivity index (χ3v) is 4.36. The zero-order valence-electron chi connectivity index (χ0n) is 11.9. The standard InChI is InChI=1S/C13H20N4O2S/c1-4-7-17-12(18)15-16-13(17)20-11(9(3)14)10-6-5-8(2)19-10/h5-6,9,11H,4,7,14H2,1-3H3,(H,15,18). The van der Waals surface area contributed by atoms with Crippen LogP contribution >= 0.6 is 11.8 Å². The van der Waals surface area contributed by atoms with Crippen LogP contribution in [-0.4, -0.2) is 20.8 Å². The minimum atomic E-state index is -0.187. The van der Waals surface area contributed by atoms with Crippen LogP contribution < -0.4 is 11.4 Å². The molecular formula is C13H20N4O2S. The van der Waals surface area contributed by atoms with Gasteiger partial charge in [0.2, 0.25) is 0 Å². The number of nitrogens with zero attached hydrogens (tertiary/aromatic N) is 2. The molecule has 0 aromatic carbocycles. The van der Waals surface area contributed by atoms with E-state index < -0.39 is 0 Å². The van der Waals surface area contributed by atoms with Crippen molar-refractivity contribution < 1.29 is 4.42 Å². The molecule has 0 radical (unpaired) electrons. The van der Waals surface area contributed by atoms with Crippen LogP contribution in [0.15, 0.2) is 26.5 Å². The van der Waals surface area contributed by atoms with Gasteiger partial charge in [0.25, 0.3) is 0 Å². The fourth-order valence-electron chi connectivity index (χ4n) is 1.96. The number of nitrogens with one attached hydrogen (secondary N) is 1. The van der Waals surface area contributed by atoms with E-state index in [0.29, 0.717) is 11.7 Å². The number of aryl methyl sites for hydroxylation is 1. The molecule has 2 heterocycles. The third kappa shape index (κ3) is 3.16. The van der Waals surface area contributed by atoms with E-state index in [1.807, 2.05) is 32.9 Å². The highest BCUT2D eigenvalue weighted by atomic mass is 32.2. The molecule has 0 saturated carbocycles. The van der Waals surface area contributed by atoms with E-state index in [-0.39, 0.29) is 17.0 Å². The van der Waals surface area contributed by atoms with Crippen molar-refractivity contribution in [2.45, 2.75) is 50.2 Å². The Kier molecular flexibility index (Phi) is 4.72. The number of rotatable bonds is 6. The molecule has 0 saturated heterocycles. The lowest BCUT2D eigenvalue weighted by Gasteiger charge is -2.17. The monoisotopic (exact) mass is 296 g/mol. The molecule has 0 spiro atoms. The lowest BCUT2D eigenvalue weighted by Crippen LogP contribution is -2.23. The van der Waals surface area contributed by atoms with Crippen molar-refractivity contribution in [3.63, 3.8) is 0 Å². The summed E-state index contributed by atoms with van der Waals surface area (Å²) in [4.78, 5) is 11.7. The minimum Gasteiger partial charge on any atom is -0.465 e. The summed E-state index contributed by atoms with van der Waals surface area (Å²) in [6.07, 6.45) is 0.871. The van der Waals surface area contributed by atoms with E-state index in [2.05, 4.69) is 10.2 Å². The maximum absolute atomic E-state index is 11.7. The van der Waals surface area contributed by atoms with Gasteiger partial charge in [-0.05, 0) is 32.4 Å². The van der Waals surface area contributed by atoms with Crippen molar-refractivity contribution >= 4 is 11.8 Å². The number of hydrogen-bond acceptors (Lipinski definition) is 5. The van der Waals surface area contributed by atoms with Crippen LogP contribution in [0, 0.1) is 6.92 Å². The van der Waals surface area contributed by atoms with Gasteiger partial charge < -0.3 is 10.2 Å². The second-order valence-corrected chi connectivity index (χ2v) is 5.92. The molecule has 20 heavy (non-hydrogen) atoms. The second kappa shape index (κ2) is 6.32. The summed E-state index contributed by atoms with van der Waals surface area (Å²) < 4.78 is 7.29. The van der Waals surface area contributed by atoms with Gasteiger partial charge in [0.1, 0.15) is 11.5 Å². The molecule has 2 unspecified atom stereocenters. The number of thioether (sulfide) groups is 1. The Labute approximate surface area is 121 Å². The molecule has 2 rings (SSSR count). The first-order valence-electron chi connectivity index (χ1n) is 6.66. The molecule has 0 aliphatic heterocycles. The van der Waals surface area contributed by atoms with Crippen LogP contribution in [0.4, 0.5) is 0 Å².